The minimum absolute atomic E-state index is 1.13. The van der Waals surface area contributed by atoms with Crippen LogP contribution in [0.25, 0.3) is 0 Å². The van der Waals surface area contributed by atoms with E-state index in [1.54, 1.807) is 0 Å². The van der Waals surface area contributed by atoms with Crippen LogP contribution in [0.2, 0.25) is 0 Å². The molecular formula is C17H32N2. The highest BCUT2D eigenvalue weighted by Crippen LogP contribution is 2.21. The summed E-state index contributed by atoms with van der Waals surface area (Å²) in [6.45, 7) is 14.9. The molecule has 0 aromatic heterocycles. The Balaban J connectivity index is 0.000000741. The van der Waals surface area contributed by atoms with Crippen LogP contribution in [0.4, 0.5) is 5.69 Å². The predicted octanol–water partition coefficient (Wildman–Crippen LogP) is 4.05. The van der Waals surface area contributed by atoms with Crippen molar-refractivity contribution in [3.8, 4) is 0 Å². The Bertz CT molecular complexity index is 315. The van der Waals surface area contributed by atoms with Crippen molar-refractivity contribution < 1.29 is 0 Å². The van der Waals surface area contributed by atoms with E-state index in [-0.39, 0.29) is 0 Å². The third-order valence-corrected chi connectivity index (χ3v) is 3.22. The maximum absolute atomic E-state index is 2.51. The van der Waals surface area contributed by atoms with Gasteiger partial charge in [-0.05, 0) is 25.1 Å². The van der Waals surface area contributed by atoms with Gasteiger partial charge < -0.3 is 9.80 Å². The number of rotatable bonds is 2. The molecule has 2 nitrogen and oxygen atoms in total. The van der Waals surface area contributed by atoms with Crippen molar-refractivity contribution in [2.75, 3.05) is 38.1 Å². The first-order valence-electron chi connectivity index (χ1n) is 7.82. The first kappa shape index (κ1) is 18.0. The molecule has 19 heavy (non-hydrogen) atoms. The summed E-state index contributed by atoms with van der Waals surface area (Å²) in [6, 6.07) is 8.78. The van der Waals surface area contributed by atoms with E-state index in [9.17, 15) is 0 Å². The minimum Gasteiger partial charge on any atom is -0.369 e. The summed E-state index contributed by atoms with van der Waals surface area (Å²) in [7, 11) is 2.20. The van der Waals surface area contributed by atoms with Gasteiger partial charge in [0, 0.05) is 31.9 Å². The molecular weight excluding hydrogens is 232 g/mol. The van der Waals surface area contributed by atoms with Crippen molar-refractivity contribution in [3.63, 3.8) is 0 Å². The van der Waals surface area contributed by atoms with Gasteiger partial charge in [-0.3, -0.25) is 0 Å². The highest BCUT2D eigenvalue weighted by atomic mass is 15.2. The van der Waals surface area contributed by atoms with E-state index in [2.05, 4.69) is 48.0 Å². The van der Waals surface area contributed by atoms with E-state index in [1.165, 1.54) is 24.3 Å². The van der Waals surface area contributed by atoms with Crippen LogP contribution in [-0.2, 0) is 6.42 Å². The van der Waals surface area contributed by atoms with Crippen molar-refractivity contribution in [3.05, 3.63) is 29.8 Å². The Labute approximate surface area is 120 Å². The topological polar surface area (TPSA) is 6.48 Å². The second-order valence-electron chi connectivity index (χ2n) is 4.27. The molecule has 1 aliphatic rings. The summed E-state index contributed by atoms with van der Waals surface area (Å²) >= 11 is 0. The lowest BCUT2D eigenvalue weighted by atomic mass is 10.1. The zero-order valence-electron chi connectivity index (χ0n) is 13.7. The maximum atomic E-state index is 2.51. The van der Waals surface area contributed by atoms with Crippen molar-refractivity contribution in [1.82, 2.24) is 4.90 Å². The number of para-hydroxylation sites is 1. The molecule has 0 radical (unpaired) electrons. The molecule has 1 aliphatic heterocycles. The van der Waals surface area contributed by atoms with Gasteiger partial charge in [0.15, 0.2) is 0 Å². The summed E-state index contributed by atoms with van der Waals surface area (Å²) in [5.41, 5.74) is 2.91. The third-order valence-electron chi connectivity index (χ3n) is 3.22. The zero-order valence-corrected chi connectivity index (χ0v) is 13.7. The van der Waals surface area contributed by atoms with Crippen molar-refractivity contribution in [1.29, 1.82) is 0 Å². The van der Waals surface area contributed by atoms with Crippen LogP contribution in [0.5, 0.6) is 0 Å². The first-order chi connectivity index (χ1) is 9.31. The van der Waals surface area contributed by atoms with Gasteiger partial charge in [0.1, 0.15) is 0 Å². The molecule has 0 aliphatic carbocycles. The third kappa shape index (κ3) is 5.65. The van der Waals surface area contributed by atoms with E-state index >= 15 is 0 Å². The molecule has 0 bridgehead atoms. The van der Waals surface area contributed by atoms with Crippen LogP contribution in [0.1, 0.15) is 40.2 Å². The highest BCUT2D eigenvalue weighted by Gasteiger charge is 2.15. The number of likely N-dealkylation sites (N-methyl/N-ethyl adjacent to an activating group) is 1. The van der Waals surface area contributed by atoms with Crippen LogP contribution < -0.4 is 4.90 Å². The number of hydrogen-bond donors (Lipinski definition) is 0. The quantitative estimate of drug-likeness (QED) is 0.795. The average Bonchev–Trinajstić information content (AvgIpc) is 2.52. The van der Waals surface area contributed by atoms with Gasteiger partial charge in [-0.1, -0.05) is 52.8 Å². The normalized spacial score (nSPS) is 14.9. The van der Waals surface area contributed by atoms with Crippen LogP contribution in [0.3, 0.4) is 0 Å². The Kier molecular flexibility index (Phi) is 10.3. The van der Waals surface area contributed by atoms with Gasteiger partial charge in [-0.25, -0.2) is 0 Å². The van der Waals surface area contributed by atoms with E-state index < -0.39 is 0 Å². The fourth-order valence-corrected chi connectivity index (χ4v) is 2.17. The standard InChI is InChI=1S/C13H20N2.2C2H6/c1-3-12-6-4-5-7-13(12)15-10-8-14(2)9-11-15;2*1-2/h4-7H,3,8-11H2,1-2H3;2*1-2H3. The van der Waals surface area contributed by atoms with E-state index in [0.717, 1.165) is 19.5 Å². The first-order valence-corrected chi connectivity index (χ1v) is 7.82. The highest BCUT2D eigenvalue weighted by molar-refractivity contribution is 5.54. The van der Waals surface area contributed by atoms with Crippen LogP contribution in [0, 0.1) is 0 Å². The molecule has 1 saturated heterocycles. The molecule has 2 heteroatoms. The number of nitrogens with zero attached hydrogens (tertiary/aromatic N) is 2. The molecule has 0 saturated carbocycles. The lowest BCUT2D eigenvalue weighted by Crippen LogP contribution is -2.44. The Morgan fingerprint density at radius 1 is 0.895 bits per heavy atom. The van der Waals surface area contributed by atoms with Gasteiger partial charge in [0.2, 0.25) is 0 Å². The molecule has 0 N–H and O–H groups in total. The van der Waals surface area contributed by atoms with Gasteiger partial charge in [0.05, 0.1) is 0 Å². The van der Waals surface area contributed by atoms with Crippen LogP contribution >= 0.6 is 0 Å². The van der Waals surface area contributed by atoms with E-state index in [4.69, 9.17) is 0 Å². The summed E-state index contributed by atoms with van der Waals surface area (Å²) in [5, 5.41) is 0. The minimum atomic E-state index is 1.13. The number of benzene rings is 1. The van der Waals surface area contributed by atoms with Gasteiger partial charge in [0.25, 0.3) is 0 Å². The number of piperazine rings is 1. The van der Waals surface area contributed by atoms with Crippen molar-refractivity contribution >= 4 is 5.69 Å². The Morgan fingerprint density at radius 3 is 1.95 bits per heavy atom. The molecule has 0 spiro atoms. The number of hydrogen-bond acceptors (Lipinski definition) is 2. The zero-order chi connectivity index (χ0) is 14.7. The predicted molar refractivity (Wildman–Crippen MR) is 88.2 cm³/mol. The van der Waals surface area contributed by atoms with Crippen molar-refractivity contribution in [2.24, 2.45) is 0 Å². The molecule has 0 unspecified atom stereocenters. The second-order valence-corrected chi connectivity index (χ2v) is 4.27. The Hall–Kier alpha value is -1.02. The number of aryl methyl sites for hydroxylation is 1. The summed E-state index contributed by atoms with van der Waals surface area (Å²) in [5.74, 6) is 0. The fourth-order valence-electron chi connectivity index (χ4n) is 2.17. The Morgan fingerprint density at radius 2 is 1.42 bits per heavy atom. The molecule has 1 aromatic rings. The smallest absolute Gasteiger partial charge is 0.0399 e. The largest absolute Gasteiger partial charge is 0.369 e. The molecule has 0 atom stereocenters. The van der Waals surface area contributed by atoms with Gasteiger partial charge in [-0.2, -0.15) is 0 Å². The lowest BCUT2D eigenvalue weighted by molar-refractivity contribution is 0.312. The van der Waals surface area contributed by atoms with Crippen molar-refractivity contribution in [2.45, 2.75) is 41.0 Å². The molecule has 1 heterocycles. The molecule has 110 valence electrons. The lowest BCUT2D eigenvalue weighted by Gasteiger charge is -2.35. The van der Waals surface area contributed by atoms with Gasteiger partial charge >= 0.3 is 0 Å². The van der Waals surface area contributed by atoms with Crippen LogP contribution in [-0.4, -0.2) is 38.1 Å². The average molecular weight is 264 g/mol. The second kappa shape index (κ2) is 10.9. The van der Waals surface area contributed by atoms with E-state index in [0.29, 0.717) is 0 Å². The fraction of sp³-hybridized carbons (Fsp3) is 0.647. The number of anilines is 1. The molecule has 1 aromatic carbocycles. The molecule has 2 rings (SSSR count). The SMILES string of the molecule is CC.CC.CCc1ccccc1N1CCN(C)CC1. The maximum Gasteiger partial charge on any atom is 0.0399 e. The molecule has 1 fully saturated rings. The monoisotopic (exact) mass is 264 g/mol. The summed E-state index contributed by atoms with van der Waals surface area (Å²) in [6.07, 6.45) is 1.13. The van der Waals surface area contributed by atoms with E-state index in [1.807, 2.05) is 27.7 Å². The van der Waals surface area contributed by atoms with Crippen LogP contribution in [0.15, 0.2) is 24.3 Å². The van der Waals surface area contributed by atoms with Gasteiger partial charge in [-0.15, -0.1) is 0 Å². The summed E-state index contributed by atoms with van der Waals surface area (Å²) < 4.78 is 0. The molecule has 0 amide bonds. The summed E-state index contributed by atoms with van der Waals surface area (Å²) in [4.78, 5) is 4.91.